The van der Waals surface area contributed by atoms with Crippen LogP contribution in [-0.4, -0.2) is 102 Å². The molecular formula is C44H52Cl2N2O8. The summed E-state index contributed by atoms with van der Waals surface area (Å²) in [7, 11) is 0. The fourth-order valence-electron chi connectivity index (χ4n) is 5.82. The summed E-state index contributed by atoms with van der Waals surface area (Å²) in [6.45, 7) is 11.5. The Morgan fingerprint density at radius 1 is 0.500 bits per heavy atom. The van der Waals surface area contributed by atoms with Gasteiger partial charge in [0, 0.05) is 34.9 Å². The number of ether oxygens (including phenoxy) is 8. The molecule has 0 fully saturated rings. The van der Waals surface area contributed by atoms with Crippen molar-refractivity contribution >= 4 is 23.2 Å². The van der Waals surface area contributed by atoms with E-state index in [2.05, 4.69) is 10.6 Å². The first-order valence-corrected chi connectivity index (χ1v) is 19.9. The van der Waals surface area contributed by atoms with Crippen LogP contribution in [-0.2, 0) is 35.0 Å². The SMILES string of the molecule is CCOCCOCCOCCOc1cccc(-c2nc(-c3ccccc3Cl)n(Cc3ccccc3Cl)c2-c2cccc(OCCOCCOCCOCC)c2)c1. The summed E-state index contributed by atoms with van der Waals surface area (Å²) in [6, 6.07) is 31.5. The van der Waals surface area contributed by atoms with Gasteiger partial charge in [-0.25, -0.2) is 4.98 Å². The molecule has 5 rings (SSSR count). The van der Waals surface area contributed by atoms with Gasteiger partial charge in [-0.3, -0.25) is 0 Å². The largest absolute Gasteiger partial charge is 0.491 e. The van der Waals surface area contributed by atoms with Crippen LogP contribution in [0.15, 0.2) is 97.1 Å². The van der Waals surface area contributed by atoms with Crippen LogP contribution in [0, 0.1) is 0 Å². The molecule has 0 saturated carbocycles. The summed E-state index contributed by atoms with van der Waals surface area (Å²) in [5, 5.41) is 1.25. The second-order valence-corrected chi connectivity index (χ2v) is 13.2. The number of rotatable bonds is 27. The summed E-state index contributed by atoms with van der Waals surface area (Å²) >= 11 is 13.6. The van der Waals surface area contributed by atoms with Gasteiger partial charge in [0.15, 0.2) is 0 Å². The first-order valence-electron chi connectivity index (χ1n) is 19.1. The van der Waals surface area contributed by atoms with Gasteiger partial charge in [0.1, 0.15) is 30.5 Å². The molecule has 0 amide bonds. The molecule has 0 radical (unpaired) electrons. The van der Waals surface area contributed by atoms with Gasteiger partial charge in [-0.05, 0) is 61.9 Å². The maximum absolute atomic E-state index is 6.86. The maximum atomic E-state index is 6.86. The molecule has 5 aromatic rings. The molecular weight excluding hydrogens is 755 g/mol. The average Bonchev–Trinajstić information content (AvgIpc) is 3.59. The minimum atomic E-state index is 0.378. The zero-order valence-electron chi connectivity index (χ0n) is 32.3. The lowest BCUT2D eigenvalue weighted by Crippen LogP contribution is -2.12. The van der Waals surface area contributed by atoms with Crippen LogP contribution in [0.1, 0.15) is 19.4 Å². The van der Waals surface area contributed by atoms with Gasteiger partial charge < -0.3 is 42.5 Å². The van der Waals surface area contributed by atoms with E-state index in [9.17, 15) is 0 Å². The van der Waals surface area contributed by atoms with Crippen LogP contribution in [0.25, 0.3) is 33.9 Å². The van der Waals surface area contributed by atoms with Crippen molar-refractivity contribution in [3.8, 4) is 45.4 Å². The van der Waals surface area contributed by atoms with Crippen LogP contribution in [0.4, 0.5) is 0 Å². The number of aromatic nitrogens is 2. The minimum absolute atomic E-state index is 0.378. The zero-order valence-corrected chi connectivity index (χ0v) is 33.8. The van der Waals surface area contributed by atoms with E-state index in [1.165, 1.54) is 0 Å². The second kappa shape index (κ2) is 24.6. The van der Waals surface area contributed by atoms with E-state index in [4.69, 9.17) is 66.1 Å². The first kappa shape index (κ1) is 43.2. The fraction of sp³-hybridized carbons (Fsp3) is 0.386. The Hall–Kier alpha value is -3.97. The molecule has 4 aromatic carbocycles. The third-order valence-electron chi connectivity index (χ3n) is 8.47. The highest BCUT2D eigenvalue weighted by Crippen LogP contribution is 2.40. The third-order valence-corrected chi connectivity index (χ3v) is 9.17. The summed E-state index contributed by atoms with van der Waals surface area (Å²) in [5.41, 5.74) is 5.14. The maximum Gasteiger partial charge on any atom is 0.142 e. The second-order valence-electron chi connectivity index (χ2n) is 12.4. The standard InChI is InChI=1S/C44H52Cl2N2O8/c1-3-49-19-21-51-23-25-53-27-29-55-37-14-9-12-34(31-37)42-43(35-13-10-15-38(32-35)56-30-28-54-26-24-52-22-20-50-4-2)48(33-36-11-5-7-17-40(36)45)44(47-42)39-16-6-8-18-41(39)46/h5-18,31-32H,3-4,19-30,33H2,1-2H3. The van der Waals surface area contributed by atoms with Crippen LogP contribution < -0.4 is 9.47 Å². The molecule has 1 aromatic heterocycles. The molecule has 0 aliphatic carbocycles. The Labute approximate surface area is 340 Å². The van der Waals surface area contributed by atoms with Crippen molar-refractivity contribution in [2.45, 2.75) is 20.4 Å². The van der Waals surface area contributed by atoms with Gasteiger partial charge in [-0.15, -0.1) is 0 Å². The van der Waals surface area contributed by atoms with Crippen molar-refractivity contribution in [1.29, 1.82) is 0 Å². The van der Waals surface area contributed by atoms with E-state index in [1.807, 2.05) is 105 Å². The van der Waals surface area contributed by atoms with Gasteiger partial charge in [0.05, 0.1) is 89.0 Å². The lowest BCUT2D eigenvalue weighted by atomic mass is 10.0. The summed E-state index contributed by atoms with van der Waals surface area (Å²) in [4.78, 5) is 5.32. The molecule has 0 N–H and O–H groups in total. The summed E-state index contributed by atoms with van der Waals surface area (Å²) < 4.78 is 47.6. The van der Waals surface area contributed by atoms with Crippen molar-refractivity contribution in [3.63, 3.8) is 0 Å². The van der Waals surface area contributed by atoms with Gasteiger partial charge >= 0.3 is 0 Å². The van der Waals surface area contributed by atoms with Crippen LogP contribution in [0.2, 0.25) is 10.0 Å². The number of benzene rings is 4. The molecule has 0 aliphatic rings. The quantitative estimate of drug-likeness (QED) is 0.0482. The van der Waals surface area contributed by atoms with Crippen molar-refractivity contribution in [3.05, 3.63) is 113 Å². The first-order chi connectivity index (χ1) is 27.6. The van der Waals surface area contributed by atoms with E-state index in [0.717, 1.165) is 33.6 Å². The number of imidazole rings is 1. The lowest BCUT2D eigenvalue weighted by Gasteiger charge is -2.16. The highest BCUT2D eigenvalue weighted by Gasteiger charge is 2.24. The van der Waals surface area contributed by atoms with Gasteiger partial charge in [-0.2, -0.15) is 0 Å². The van der Waals surface area contributed by atoms with E-state index in [1.54, 1.807) is 0 Å². The molecule has 0 aliphatic heterocycles. The molecule has 0 spiro atoms. The highest BCUT2D eigenvalue weighted by molar-refractivity contribution is 6.33. The predicted molar refractivity (Wildman–Crippen MR) is 221 cm³/mol. The van der Waals surface area contributed by atoms with Gasteiger partial charge in [-0.1, -0.05) is 77.8 Å². The summed E-state index contributed by atoms with van der Waals surface area (Å²) in [6.07, 6.45) is 0. The molecule has 0 bridgehead atoms. The van der Waals surface area contributed by atoms with Crippen molar-refractivity contribution < 1.29 is 37.9 Å². The number of hydrogen-bond acceptors (Lipinski definition) is 9. The fourth-order valence-corrected chi connectivity index (χ4v) is 6.23. The predicted octanol–water partition coefficient (Wildman–Crippen LogP) is 9.14. The van der Waals surface area contributed by atoms with E-state index >= 15 is 0 Å². The Morgan fingerprint density at radius 3 is 1.54 bits per heavy atom. The van der Waals surface area contributed by atoms with E-state index < -0.39 is 0 Å². The van der Waals surface area contributed by atoms with Crippen molar-refractivity contribution in [2.75, 3.05) is 92.5 Å². The monoisotopic (exact) mass is 806 g/mol. The Kier molecular flexibility index (Phi) is 19.0. The molecule has 12 heteroatoms. The lowest BCUT2D eigenvalue weighted by molar-refractivity contribution is 0.0114. The normalized spacial score (nSPS) is 11.3. The van der Waals surface area contributed by atoms with Crippen molar-refractivity contribution in [2.24, 2.45) is 0 Å². The Morgan fingerprint density at radius 2 is 0.982 bits per heavy atom. The molecule has 10 nitrogen and oxygen atoms in total. The smallest absolute Gasteiger partial charge is 0.142 e. The molecule has 0 unspecified atom stereocenters. The minimum Gasteiger partial charge on any atom is -0.491 e. The number of hydrogen-bond donors (Lipinski definition) is 0. The molecule has 1 heterocycles. The number of nitrogens with zero attached hydrogens (tertiary/aromatic N) is 2. The third kappa shape index (κ3) is 13.6. The highest BCUT2D eigenvalue weighted by atomic mass is 35.5. The number of halogens is 2. The van der Waals surface area contributed by atoms with E-state index in [0.29, 0.717) is 126 Å². The molecule has 0 saturated heterocycles. The molecule has 300 valence electrons. The molecule has 56 heavy (non-hydrogen) atoms. The topological polar surface area (TPSA) is 91.7 Å². The van der Waals surface area contributed by atoms with Crippen LogP contribution in [0.3, 0.4) is 0 Å². The summed E-state index contributed by atoms with van der Waals surface area (Å²) in [5.74, 6) is 2.10. The van der Waals surface area contributed by atoms with Gasteiger partial charge in [0.2, 0.25) is 0 Å². The Balaban J connectivity index is 1.39. The Bertz CT molecular complexity index is 1890. The molecule has 0 atom stereocenters. The van der Waals surface area contributed by atoms with Crippen LogP contribution in [0.5, 0.6) is 11.5 Å². The average molecular weight is 808 g/mol. The van der Waals surface area contributed by atoms with Gasteiger partial charge in [0.25, 0.3) is 0 Å². The zero-order chi connectivity index (χ0) is 39.2. The van der Waals surface area contributed by atoms with E-state index in [-0.39, 0.29) is 0 Å². The van der Waals surface area contributed by atoms with Crippen molar-refractivity contribution in [1.82, 2.24) is 9.55 Å². The van der Waals surface area contributed by atoms with Crippen LogP contribution >= 0.6 is 23.2 Å².